The lowest BCUT2D eigenvalue weighted by Gasteiger charge is -2.11. The molecule has 0 amide bonds. The molecule has 23 heavy (non-hydrogen) atoms. The topological polar surface area (TPSA) is 52.0 Å². The van der Waals surface area contributed by atoms with Crippen molar-refractivity contribution >= 4 is 22.7 Å². The van der Waals surface area contributed by atoms with Gasteiger partial charge in [-0.2, -0.15) is 0 Å². The number of pyridine rings is 1. The Morgan fingerprint density at radius 1 is 1.17 bits per heavy atom. The zero-order chi connectivity index (χ0) is 16.6. The van der Waals surface area contributed by atoms with Gasteiger partial charge in [-0.05, 0) is 36.8 Å². The number of halogens is 1. The Labute approximate surface area is 139 Å². The first-order valence-electron chi connectivity index (χ1n) is 6.73. The highest BCUT2D eigenvalue weighted by atomic mass is 32.2. The Morgan fingerprint density at radius 3 is 2.61 bits per heavy atom. The maximum atomic E-state index is 14.1. The van der Waals surface area contributed by atoms with Crippen LogP contribution in [0.1, 0.15) is 5.56 Å². The predicted molar refractivity (Wildman–Crippen MR) is 88.6 cm³/mol. The van der Waals surface area contributed by atoms with Crippen LogP contribution in [0.2, 0.25) is 0 Å². The smallest absolute Gasteiger partial charge is 0.262 e. The Kier molecular flexibility index (Phi) is 3.99. The number of aryl methyl sites for hydroxylation is 1. The van der Waals surface area contributed by atoms with Crippen LogP contribution in [-0.2, 0) is 10.0 Å². The van der Waals surface area contributed by atoms with Gasteiger partial charge in [0.15, 0.2) is 0 Å². The predicted octanol–water partition coefficient (Wildman–Crippen LogP) is 3.52. The molecule has 0 spiro atoms. The zero-order valence-electron chi connectivity index (χ0n) is 12.1. The Hall–Kier alpha value is -2.12. The van der Waals surface area contributed by atoms with Crippen molar-refractivity contribution in [3.8, 4) is 11.3 Å². The second kappa shape index (κ2) is 5.82. The zero-order valence-corrected chi connectivity index (χ0v) is 13.9. The van der Waals surface area contributed by atoms with E-state index in [1.807, 2.05) is 0 Å². The van der Waals surface area contributed by atoms with Crippen molar-refractivity contribution in [1.29, 1.82) is 0 Å². The van der Waals surface area contributed by atoms with Crippen molar-refractivity contribution in [2.75, 3.05) is 0 Å². The molecular weight excluding hydrogens is 335 g/mol. The summed E-state index contributed by atoms with van der Waals surface area (Å²) in [7, 11) is -3.90. The Morgan fingerprint density at radius 2 is 1.91 bits per heavy atom. The first-order chi connectivity index (χ1) is 10.9. The number of thiol groups is 1. The van der Waals surface area contributed by atoms with Crippen molar-refractivity contribution in [1.82, 2.24) is 8.96 Å². The molecule has 2 aromatic heterocycles. The minimum absolute atomic E-state index is 0.00168. The number of hydrogen-bond donors (Lipinski definition) is 1. The van der Waals surface area contributed by atoms with Crippen molar-refractivity contribution < 1.29 is 12.8 Å². The van der Waals surface area contributed by atoms with Gasteiger partial charge in [0.05, 0.1) is 5.69 Å². The van der Waals surface area contributed by atoms with Crippen molar-refractivity contribution in [3.05, 3.63) is 66.4 Å². The molecule has 0 saturated carbocycles. The summed E-state index contributed by atoms with van der Waals surface area (Å²) in [5, 5.41) is 0. The molecule has 0 aliphatic carbocycles. The van der Waals surface area contributed by atoms with E-state index in [4.69, 9.17) is 0 Å². The van der Waals surface area contributed by atoms with E-state index >= 15 is 0 Å². The first-order valence-corrected chi connectivity index (χ1v) is 8.62. The molecule has 0 fully saturated rings. The van der Waals surface area contributed by atoms with Crippen LogP contribution in [0.3, 0.4) is 0 Å². The normalized spacial score (nSPS) is 11.6. The number of rotatable bonds is 3. The lowest BCUT2D eigenvalue weighted by Crippen LogP contribution is -2.14. The molecule has 4 nitrogen and oxygen atoms in total. The van der Waals surface area contributed by atoms with Crippen molar-refractivity contribution in [2.45, 2.75) is 16.7 Å². The molecule has 0 bridgehead atoms. The van der Waals surface area contributed by atoms with Gasteiger partial charge >= 0.3 is 0 Å². The third kappa shape index (κ3) is 2.89. The number of nitrogens with zero attached hydrogens (tertiary/aromatic N) is 2. The van der Waals surface area contributed by atoms with E-state index in [2.05, 4.69) is 17.6 Å². The lowest BCUT2D eigenvalue weighted by molar-refractivity contribution is 0.587. The quantitative estimate of drug-likeness (QED) is 0.737. The maximum absolute atomic E-state index is 14.1. The first kappa shape index (κ1) is 15.8. The molecule has 1 aromatic carbocycles. The van der Waals surface area contributed by atoms with Gasteiger partial charge in [0.2, 0.25) is 0 Å². The van der Waals surface area contributed by atoms with Crippen LogP contribution in [0.25, 0.3) is 11.3 Å². The van der Waals surface area contributed by atoms with Crippen LogP contribution >= 0.6 is 12.6 Å². The van der Waals surface area contributed by atoms with Gasteiger partial charge in [0, 0.05) is 29.0 Å². The summed E-state index contributed by atoms with van der Waals surface area (Å²) in [6.07, 6.45) is 4.15. The lowest BCUT2D eigenvalue weighted by atomic mass is 10.1. The summed E-state index contributed by atoms with van der Waals surface area (Å²) in [4.78, 5) is 4.29. The third-order valence-corrected chi connectivity index (χ3v) is 5.21. The van der Waals surface area contributed by atoms with Crippen LogP contribution in [0, 0.1) is 12.7 Å². The number of hydrogen-bond acceptors (Lipinski definition) is 4. The van der Waals surface area contributed by atoms with Gasteiger partial charge in [-0.25, -0.2) is 16.8 Å². The summed E-state index contributed by atoms with van der Waals surface area (Å²) < 4.78 is 40.9. The molecule has 3 rings (SSSR count). The molecule has 0 aliphatic heterocycles. The molecule has 0 N–H and O–H groups in total. The molecule has 2 heterocycles. The van der Waals surface area contributed by atoms with E-state index in [0.717, 1.165) is 3.97 Å². The second-order valence-electron chi connectivity index (χ2n) is 5.06. The minimum Gasteiger partial charge on any atom is -0.262 e. The van der Waals surface area contributed by atoms with E-state index < -0.39 is 15.8 Å². The Balaban J connectivity index is 2.24. The minimum atomic E-state index is -3.90. The van der Waals surface area contributed by atoms with Crippen LogP contribution < -0.4 is 0 Å². The van der Waals surface area contributed by atoms with Crippen LogP contribution in [0.4, 0.5) is 4.39 Å². The molecule has 0 saturated heterocycles. The van der Waals surface area contributed by atoms with Crippen LogP contribution in [0.15, 0.2) is 64.8 Å². The summed E-state index contributed by atoms with van der Waals surface area (Å²) >= 11 is 4.12. The highest BCUT2D eigenvalue weighted by molar-refractivity contribution is 7.90. The van der Waals surface area contributed by atoms with E-state index in [1.165, 1.54) is 30.7 Å². The van der Waals surface area contributed by atoms with Crippen molar-refractivity contribution in [3.63, 3.8) is 0 Å². The molecule has 7 heteroatoms. The molecular formula is C16H13FN2O2S2. The summed E-state index contributed by atoms with van der Waals surface area (Å²) in [6, 6.07) is 9.10. The average molecular weight is 348 g/mol. The second-order valence-corrected chi connectivity index (χ2v) is 7.39. The van der Waals surface area contributed by atoms with Gasteiger partial charge < -0.3 is 0 Å². The molecule has 0 aliphatic rings. The van der Waals surface area contributed by atoms with Gasteiger partial charge in [0.25, 0.3) is 10.0 Å². The standard InChI is InChI=1S/C16H13FN2O2S2/c1-11-6-16(14-4-2-3-5-15(14)17)19(10-11)23(20,21)13-7-12(22)8-18-9-13/h2-10,22H,1H3. The molecule has 0 radical (unpaired) electrons. The SMILES string of the molecule is Cc1cc(-c2ccccc2F)n(S(=O)(=O)c2cncc(S)c2)c1. The van der Waals surface area contributed by atoms with E-state index in [1.54, 1.807) is 31.2 Å². The molecule has 3 aromatic rings. The Bertz CT molecular complexity index is 981. The highest BCUT2D eigenvalue weighted by Crippen LogP contribution is 2.28. The molecule has 0 atom stereocenters. The van der Waals surface area contributed by atoms with Crippen molar-refractivity contribution in [2.24, 2.45) is 0 Å². The monoisotopic (exact) mass is 348 g/mol. The van der Waals surface area contributed by atoms with Gasteiger partial charge in [0.1, 0.15) is 10.7 Å². The molecule has 0 unspecified atom stereocenters. The average Bonchev–Trinajstić information content (AvgIpc) is 2.90. The third-order valence-electron chi connectivity index (χ3n) is 3.33. The fraction of sp³-hybridized carbons (Fsp3) is 0.0625. The van der Waals surface area contributed by atoms with E-state index in [0.29, 0.717) is 10.5 Å². The maximum Gasteiger partial charge on any atom is 0.269 e. The highest BCUT2D eigenvalue weighted by Gasteiger charge is 2.23. The fourth-order valence-electron chi connectivity index (χ4n) is 2.30. The van der Waals surface area contributed by atoms with Gasteiger partial charge in [-0.1, -0.05) is 12.1 Å². The molecule has 118 valence electrons. The largest absolute Gasteiger partial charge is 0.269 e. The van der Waals surface area contributed by atoms with E-state index in [9.17, 15) is 12.8 Å². The summed E-state index contributed by atoms with van der Waals surface area (Å²) in [5.74, 6) is -0.483. The van der Waals surface area contributed by atoms with Crippen LogP contribution in [-0.4, -0.2) is 17.4 Å². The van der Waals surface area contributed by atoms with Gasteiger partial charge in [-0.15, -0.1) is 12.6 Å². The van der Waals surface area contributed by atoms with E-state index in [-0.39, 0.29) is 16.2 Å². The van der Waals surface area contributed by atoms with Crippen LogP contribution in [0.5, 0.6) is 0 Å². The van der Waals surface area contributed by atoms with Gasteiger partial charge in [-0.3, -0.25) is 4.98 Å². The summed E-state index contributed by atoms with van der Waals surface area (Å²) in [6.45, 7) is 1.75. The number of aromatic nitrogens is 2. The fourth-order valence-corrected chi connectivity index (χ4v) is 4.00. The summed E-state index contributed by atoms with van der Waals surface area (Å²) in [5.41, 5.74) is 1.20. The number of benzene rings is 1.